The van der Waals surface area contributed by atoms with E-state index in [0.717, 1.165) is 50.4 Å². The van der Waals surface area contributed by atoms with Gasteiger partial charge in [0.25, 0.3) is 0 Å². The second-order valence-electron chi connectivity index (χ2n) is 6.89. The summed E-state index contributed by atoms with van der Waals surface area (Å²) in [6, 6.07) is 4.91. The third-order valence-corrected chi connectivity index (χ3v) is 5.33. The minimum atomic E-state index is 0.214. The predicted octanol–water partition coefficient (Wildman–Crippen LogP) is 2.23. The first-order valence-corrected chi connectivity index (χ1v) is 8.72. The summed E-state index contributed by atoms with van der Waals surface area (Å²) in [7, 11) is 1.96. The van der Waals surface area contributed by atoms with Gasteiger partial charge < -0.3 is 10.2 Å². The van der Waals surface area contributed by atoms with E-state index >= 15 is 0 Å². The Morgan fingerprint density at radius 1 is 1.22 bits per heavy atom. The van der Waals surface area contributed by atoms with Crippen LogP contribution < -0.4 is 5.32 Å². The highest BCUT2D eigenvalue weighted by atomic mass is 16.2. The van der Waals surface area contributed by atoms with Crippen LogP contribution in [0.1, 0.15) is 43.5 Å². The van der Waals surface area contributed by atoms with Crippen LogP contribution in [-0.2, 0) is 4.79 Å². The van der Waals surface area contributed by atoms with Gasteiger partial charge in [-0.15, -0.1) is 0 Å². The summed E-state index contributed by atoms with van der Waals surface area (Å²) in [5.74, 6) is 0.749. The van der Waals surface area contributed by atoms with Crippen LogP contribution in [0.3, 0.4) is 0 Å². The molecule has 5 nitrogen and oxygen atoms in total. The van der Waals surface area contributed by atoms with Gasteiger partial charge in [0.15, 0.2) is 0 Å². The summed E-state index contributed by atoms with van der Waals surface area (Å²) >= 11 is 0. The number of amides is 1. The number of aromatic nitrogens is 1. The lowest BCUT2D eigenvalue weighted by atomic mass is 10.0. The molecule has 0 spiro atoms. The van der Waals surface area contributed by atoms with Crippen LogP contribution in [0.25, 0.3) is 0 Å². The van der Waals surface area contributed by atoms with Gasteiger partial charge in [-0.2, -0.15) is 0 Å². The molecule has 0 unspecified atom stereocenters. The van der Waals surface area contributed by atoms with Crippen molar-refractivity contribution in [2.45, 2.75) is 45.1 Å². The Bertz CT molecular complexity index is 566. The molecule has 0 bridgehead atoms. The quantitative estimate of drug-likeness (QED) is 0.929. The molecule has 1 aromatic rings. The normalized spacial score (nSPS) is 23.3. The fourth-order valence-corrected chi connectivity index (χ4v) is 3.95. The average Bonchev–Trinajstić information content (AvgIpc) is 3.04. The second-order valence-corrected chi connectivity index (χ2v) is 6.89. The van der Waals surface area contributed by atoms with E-state index in [0.29, 0.717) is 12.0 Å². The number of carbonyl (C=O) groups excluding carboxylic acids is 1. The van der Waals surface area contributed by atoms with Crippen LogP contribution >= 0.6 is 0 Å². The lowest BCUT2D eigenvalue weighted by Gasteiger charge is -2.36. The molecule has 0 radical (unpaired) electrons. The van der Waals surface area contributed by atoms with Crippen LogP contribution in [0.5, 0.6) is 0 Å². The largest absolute Gasteiger partial charge is 0.388 e. The number of anilines is 1. The van der Waals surface area contributed by atoms with E-state index in [1.165, 1.54) is 12.1 Å². The predicted molar refractivity (Wildman–Crippen MR) is 92.7 cm³/mol. The number of piperidine rings is 1. The molecule has 2 saturated heterocycles. The van der Waals surface area contributed by atoms with Gasteiger partial charge in [-0.05, 0) is 44.9 Å². The number of hydrogen-bond donors (Lipinski definition) is 1. The summed E-state index contributed by atoms with van der Waals surface area (Å²) in [4.78, 5) is 20.8. The Kier molecular flexibility index (Phi) is 4.85. The smallest absolute Gasteiger partial charge is 0.219 e. The molecule has 126 valence electrons. The number of likely N-dealkylation sites (tertiary alicyclic amines) is 2. The standard InChI is InChI=1S/C18H28N4O/c1-13-10-16(19-3)11-18(20-13)15-4-7-22(12-15)17-5-8-21(9-6-17)14(2)23/h10-11,15,17H,4-9,12H2,1-3H3,(H,19,20)/t15-/m1/s1. The summed E-state index contributed by atoms with van der Waals surface area (Å²) in [5, 5.41) is 3.23. The molecule has 3 heterocycles. The van der Waals surface area contributed by atoms with E-state index in [2.05, 4.69) is 29.3 Å². The minimum absolute atomic E-state index is 0.214. The summed E-state index contributed by atoms with van der Waals surface area (Å²) in [6.07, 6.45) is 3.40. The van der Waals surface area contributed by atoms with Crippen molar-refractivity contribution in [3.63, 3.8) is 0 Å². The van der Waals surface area contributed by atoms with E-state index < -0.39 is 0 Å². The molecule has 5 heteroatoms. The van der Waals surface area contributed by atoms with Crippen molar-refractivity contribution >= 4 is 11.6 Å². The molecular weight excluding hydrogens is 288 g/mol. The number of hydrogen-bond acceptors (Lipinski definition) is 4. The van der Waals surface area contributed by atoms with Crippen LogP contribution in [-0.4, -0.2) is 60.0 Å². The van der Waals surface area contributed by atoms with Gasteiger partial charge in [0, 0.05) is 62.6 Å². The topological polar surface area (TPSA) is 48.5 Å². The molecule has 1 N–H and O–H groups in total. The monoisotopic (exact) mass is 316 g/mol. The highest BCUT2D eigenvalue weighted by Crippen LogP contribution is 2.31. The van der Waals surface area contributed by atoms with Crippen LogP contribution in [0.15, 0.2) is 12.1 Å². The zero-order chi connectivity index (χ0) is 16.4. The van der Waals surface area contributed by atoms with E-state index in [1.807, 2.05) is 11.9 Å². The van der Waals surface area contributed by atoms with E-state index in [-0.39, 0.29) is 5.91 Å². The zero-order valence-corrected chi connectivity index (χ0v) is 14.5. The molecule has 23 heavy (non-hydrogen) atoms. The summed E-state index contributed by atoms with van der Waals surface area (Å²) in [6.45, 7) is 7.81. The van der Waals surface area contributed by atoms with Crippen LogP contribution in [0, 0.1) is 6.92 Å². The lowest BCUT2D eigenvalue weighted by molar-refractivity contribution is -0.130. The van der Waals surface area contributed by atoms with Crippen molar-refractivity contribution in [2.24, 2.45) is 0 Å². The molecule has 0 aliphatic carbocycles. The van der Waals surface area contributed by atoms with Gasteiger partial charge in [0.05, 0.1) is 0 Å². The van der Waals surface area contributed by atoms with Gasteiger partial charge in [-0.25, -0.2) is 0 Å². The molecule has 3 rings (SSSR count). The molecule has 2 fully saturated rings. The molecule has 0 saturated carbocycles. The Labute approximate surface area is 139 Å². The first-order chi connectivity index (χ1) is 11.1. The SMILES string of the molecule is CNc1cc(C)nc([C@@H]2CCN(C3CCN(C(C)=O)CC3)C2)c1. The number of aryl methyl sites for hydroxylation is 1. The molecule has 0 aromatic carbocycles. The maximum atomic E-state index is 11.5. The number of rotatable bonds is 3. The second kappa shape index (κ2) is 6.87. The number of carbonyl (C=O) groups is 1. The van der Waals surface area contributed by atoms with Crippen LogP contribution in [0.4, 0.5) is 5.69 Å². The number of nitrogens with one attached hydrogen (secondary N) is 1. The fourth-order valence-electron chi connectivity index (χ4n) is 3.95. The average molecular weight is 316 g/mol. The summed E-state index contributed by atoms with van der Waals surface area (Å²) < 4.78 is 0. The molecule has 2 aliphatic heterocycles. The Balaban J connectivity index is 1.61. The van der Waals surface area contributed by atoms with Crippen molar-refractivity contribution < 1.29 is 4.79 Å². The molecule has 1 atom stereocenters. The van der Waals surface area contributed by atoms with Crippen molar-refractivity contribution in [1.29, 1.82) is 0 Å². The van der Waals surface area contributed by atoms with Gasteiger partial charge >= 0.3 is 0 Å². The highest BCUT2D eigenvalue weighted by molar-refractivity contribution is 5.73. The van der Waals surface area contributed by atoms with E-state index in [1.54, 1.807) is 6.92 Å². The van der Waals surface area contributed by atoms with Crippen molar-refractivity contribution in [3.8, 4) is 0 Å². The highest BCUT2D eigenvalue weighted by Gasteiger charge is 2.32. The maximum absolute atomic E-state index is 11.5. The van der Waals surface area contributed by atoms with Gasteiger partial charge in [0.1, 0.15) is 0 Å². The van der Waals surface area contributed by atoms with E-state index in [9.17, 15) is 4.79 Å². The van der Waals surface area contributed by atoms with E-state index in [4.69, 9.17) is 4.98 Å². The molecule has 2 aliphatic rings. The summed E-state index contributed by atoms with van der Waals surface area (Å²) in [5.41, 5.74) is 3.46. The first kappa shape index (κ1) is 16.2. The molecule has 1 aromatic heterocycles. The molecular formula is C18H28N4O. The number of pyridine rings is 1. The third kappa shape index (κ3) is 3.66. The van der Waals surface area contributed by atoms with Crippen molar-refractivity contribution in [1.82, 2.24) is 14.8 Å². The van der Waals surface area contributed by atoms with Gasteiger partial charge in [-0.3, -0.25) is 14.7 Å². The van der Waals surface area contributed by atoms with Gasteiger partial charge in [-0.1, -0.05) is 0 Å². The van der Waals surface area contributed by atoms with Gasteiger partial charge in [0.2, 0.25) is 5.91 Å². The fraction of sp³-hybridized carbons (Fsp3) is 0.667. The minimum Gasteiger partial charge on any atom is -0.388 e. The zero-order valence-electron chi connectivity index (χ0n) is 14.5. The Morgan fingerprint density at radius 3 is 2.61 bits per heavy atom. The van der Waals surface area contributed by atoms with Crippen LogP contribution in [0.2, 0.25) is 0 Å². The third-order valence-electron chi connectivity index (χ3n) is 5.33. The Morgan fingerprint density at radius 2 is 1.96 bits per heavy atom. The lowest BCUT2D eigenvalue weighted by Crippen LogP contribution is -2.45. The first-order valence-electron chi connectivity index (χ1n) is 8.72. The molecule has 1 amide bonds. The Hall–Kier alpha value is -1.62. The number of nitrogens with zero attached hydrogens (tertiary/aromatic N) is 3. The van der Waals surface area contributed by atoms with Crippen molar-refractivity contribution in [2.75, 3.05) is 38.5 Å². The maximum Gasteiger partial charge on any atom is 0.219 e. The van der Waals surface area contributed by atoms with Crippen molar-refractivity contribution in [3.05, 3.63) is 23.5 Å².